The van der Waals surface area contributed by atoms with Crippen molar-refractivity contribution in [1.29, 1.82) is 0 Å². The summed E-state index contributed by atoms with van der Waals surface area (Å²) in [4.78, 5) is 0. The van der Waals surface area contributed by atoms with E-state index in [0.717, 1.165) is 13.1 Å². The third-order valence-corrected chi connectivity index (χ3v) is 3.81. The van der Waals surface area contributed by atoms with Crippen LogP contribution in [0.1, 0.15) is 43.2 Å². The van der Waals surface area contributed by atoms with Gasteiger partial charge in [-0.05, 0) is 36.1 Å². The van der Waals surface area contributed by atoms with Gasteiger partial charge in [0.05, 0.1) is 0 Å². The molecule has 1 heterocycles. The second kappa shape index (κ2) is 4.46. The van der Waals surface area contributed by atoms with Crippen molar-refractivity contribution in [2.75, 3.05) is 5.32 Å². The zero-order chi connectivity index (χ0) is 10.8. The summed E-state index contributed by atoms with van der Waals surface area (Å²) in [6.07, 6.45) is 6.89. The van der Waals surface area contributed by atoms with Crippen molar-refractivity contribution in [1.82, 2.24) is 5.32 Å². The number of benzene rings is 1. The summed E-state index contributed by atoms with van der Waals surface area (Å²) < 4.78 is 0. The van der Waals surface area contributed by atoms with Crippen LogP contribution in [0.5, 0.6) is 0 Å². The summed E-state index contributed by atoms with van der Waals surface area (Å²) in [7, 11) is 0. The van der Waals surface area contributed by atoms with Crippen molar-refractivity contribution in [3.8, 4) is 0 Å². The van der Waals surface area contributed by atoms with E-state index in [1.807, 2.05) is 0 Å². The van der Waals surface area contributed by atoms with E-state index < -0.39 is 0 Å². The van der Waals surface area contributed by atoms with Gasteiger partial charge in [0, 0.05) is 24.8 Å². The maximum atomic E-state index is 3.68. The molecule has 1 aliphatic heterocycles. The molecule has 0 aromatic heterocycles. The van der Waals surface area contributed by atoms with Crippen molar-refractivity contribution in [3.63, 3.8) is 0 Å². The Hall–Kier alpha value is -1.02. The molecule has 0 bridgehead atoms. The van der Waals surface area contributed by atoms with Crippen LogP contribution in [0.2, 0.25) is 0 Å². The number of hydrogen-bond donors (Lipinski definition) is 2. The molecule has 1 aromatic rings. The second-order valence-corrected chi connectivity index (χ2v) is 5.07. The second-order valence-electron chi connectivity index (χ2n) is 5.07. The van der Waals surface area contributed by atoms with Crippen LogP contribution < -0.4 is 10.6 Å². The number of fused-ring (bicyclic) bond motifs is 1. The lowest BCUT2D eigenvalue weighted by atomic mass is 9.95. The third-order valence-electron chi connectivity index (χ3n) is 3.81. The molecule has 1 aromatic carbocycles. The molecule has 2 N–H and O–H groups in total. The maximum Gasteiger partial charge on any atom is 0.0345 e. The highest BCUT2D eigenvalue weighted by atomic mass is 14.9. The number of hydrogen-bond acceptors (Lipinski definition) is 2. The molecule has 86 valence electrons. The van der Waals surface area contributed by atoms with Gasteiger partial charge in [-0.15, -0.1) is 0 Å². The summed E-state index contributed by atoms with van der Waals surface area (Å²) in [6.45, 7) is 2.08. The number of nitrogens with one attached hydrogen (secondary N) is 2. The van der Waals surface area contributed by atoms with Crippen LogP contribution in [0, 0.1) is 0 Å². The molecule has 1 fully saturated rings. The van der Waals surface area contributed by atoms with Crippen LogP contribution in [0.3, 0.4) is 0 Å². The minimum absolute atomic E-state index is 0.709. The van der Waals surface area contributed by atoms with Gasteiger partial charge in [-0.2, -0.15) is 0 Å². The maximum absolute atomic E-state index is 3.68. The van der Waals surface area contributed by atoms with E-state index in [2.05, 4.69) is 28.8 Å². The molecule has 0 radical (unpaired) electrons. The van der Waals surface area contributed by atoms with E-state index in [9.17, 15) is 0 Å². The fourth-order valence-corrected chi connectivity index (χ4v) is 2.87. The van der Waals surface area contributed by atoms with Crippen LogP contribution in [0.15, 0.2) is 18.2 Å². The number of rotatable bonds is 2. The average molecular weight is 216 g/mol. The van der Waals surface area contributed by atoms with Crippen LogP contribution in [-0.4, -0.2) is 6.04 Å². The average Bonchev–Trinajstić information content (AvgIpc) is 2.77. The molecule has 2 nitrogen and oxygen atoms in total. The summed E-state index contributed by atoms with van der Waals surface area (Å²) in [6, 6.07) is 7.53. The summed E-state index contributed by atoms with van der Waals surface area (Å²) in [5, 5.41) is 7.07. The van der Waals surface area contributed by atoms with Crippen molar-refractivity contribution >= 4 is 5.69 Å². The Morgan fingerprint density at radius 1 is 1.00 bits per heavy atom. The normalized spacial score (nSPS) is 20.8. The summed E-state index contributed by atoms with van der Waals surface area (Å²) >= 11 is 0. The molecule has 2 aliphatic rings. The summed E-state index contributed by atoms with van der Waals surface area (Å²) in [5.41, 5.74) is 4.25. The van der Waals surface area contributed by atoms with Gasteiger partial charge in [0.1, 0.15) is 0 Å². The van der Waals surface area contributed by atoms with Crippen LogP contribution >= 0.6 is 0 Å². The van der Waals surface area contributed by atoms with E-state index in [1.54, 1.807) is 0 Å². The Balaban J connectivity index is 1.69. The molecule has 0 amide bonds. The Kier molecular flexibility index (Phi) is 2.83. The smallest absolute Gasteiger partial charge is 0.0345 e. The van der Waals surface area contributed by atoms with Crippen molar-refractivity contribution < 1.29 is 0 Å². The van der Waals surface area contributed by atoms with Gasteiger partial charge in [-0.3, -0.25) is 0 Å². The van der Waals surface area contributed by atoms with E-state index in [1.165, 1.54) is 48.9 Å². The van der Waals surface area contributed by atoms with E-state index >= 15 is 0 Å². The predicted molar refractivity (Wildman–Crippen MR) is 67.5 cm³/mol. The molecular formula is C14H20N2. The first-order chi connectivity index (χ1) is 7.92. The summed E-state index contributed by atoms with van der Waals surface area (Å²) in [5.74, 6) is 0. The first-order valence-corrected chi connectivity index (χ1v) is 6.51. The lowest BCUT2D eigenvalue weighted by Gasteiger charge is -2.24. The standard InChI is InChI=1S/C14H20N2/c1-2-4-13(5-3-1)16-14-7-6-11-9-15-10-12(11)8-14/h6-8,13,15-16H,1-5,9-10H2. The highest BCUT2D eigenvalue weighted by Crippen LogP contribution is 2.24. The highest BCUT2D eigenvalue weighted by Gasteiger charge is 2.14. The third kappa shape index (κ3) is 2.07. The molecular weight excluding hydrogens is 196 g/mol. The Bertz CT molecular complexity index is 367. The first kappa shape index (κ1) is 10.2. The Labute approximate surface area is 97.4 Å². The first-order valence-electron chi connectivity index (χ1n) is 6.51. The van der Waals surface area contributed by atoms with Gasteiger partial charge in [0.15, 0.2) is 0 Å². The molecule has 0 atom stereocenters. The molecule has 3 rings (SSSR count). The van der Waals surface area contributed by atoms with Gasteiger partial charge in [-0.1, -0.05) is 25.3 Å². The van der Waals surface area contributed by atoms with Gasteiger partial charge in [0.25, 0.3) is 0 Å². The fraction of sp³-hybridized carbons (Fsp3) is 0.571. The van der Waals surface area contributed by atoms with Gasteiger partial charge >= 0.3 is 0 Å². The van der Waals surface area contributed by atoms with E-state index in [0.29, 0.717) is 6.04 Å². The zero-order valence-electron chi connectivity index (χ0n) is 9.76. The van der Waals surface area contributed by atoms with Gasteiger partial charge in [-0.25, -0.2) is 0 Å². The number of anilines is 1. The quantitative estimate of drug-likeness (QED) is 0.794. The lowest BCUT2D eigenvalue weighted by molar-refractivity contribution is 0.463. The SMILES string of the molecule is c1cc2c(cc1NC1CCCCC1)CNC2. The lowest BCUT2D eigenvalue weighted by Crippen LogP contribution is -2.22. The molecule has 2 heteroatoms. The zero-order valence-corrected chi connectivity index (χ0v) is 9.76. The largest absolute Gasteiger partial charge is 0.382 e. The minimum Gasteiger partial charge on any atom is -0.382 e. The minimum atomic E-state index is 0.709. The van der Waals surface area contributed by atoms with Crippen LogP contribution in [-0.2, 0) is 13.1 Å². The van der Waals surface area contributed by atoms with Crippen molar-refractivity contribution in [2.45, 2.75) is 51.2 Å². The monoisotopic (exact) mass is 216 g/mol. The van der Waals surface area contributed by atoms with E-state index in [-0.39, 0.29) is 0 Å². The topological polar surface area (TPSA) is 24.1 Å². The van der Waals surface area contributed by atoms with Crippen molar-refractivity contribution in [2.24, 2.45) is 0 Å². The fourth-order valence-electron chi connectivity index (χ4n) is 2.87. The predicted octanol–water partition coefficient (Wildman–Crippen LogP) is 3.03. The Morgan fingerprint density at radius 2 is 1.81 bits per heavy atom. The van der Waals surface area contributed by atoms with Crippen LogP contribution in [0.4, 0.5) is 5.69 Å². The van der Waals surface area contributed by atoms with E-state index in [4.69, 9.17) is 0 Å². The molecule has 0 saturated heterocycles. The Morgan fingerprint density at radius 3 is 2.69 bits per heavy atom. The highest BCUT2D eigenvalue weighted by molar-refractivity contribution is 5.50. The van der Waals surface area contributed by atoms with Crippen LogP contribution in [0.25, 0.3) is 0 Å². The molecule has 1 saturated carbocycles. The molecule has 16 heavy (non-hydrogen) atoms. The van der Waals surface area contributed by atoms with Crippen molar-refractivity contribution in [3.05, 3.63) is 29.3 Å². The molecule has 1 aliphatic carbocycles. The van der Waals surface area contributed by atoms with Gasteiger partial charge < -0.3 is 10.6 Å². The molecule has 0 unspecified atom stereocenters. The van der Waals surface area contributed by atoms with Gasteiger partial charge in [0.2, 0.25) is 0 Å². The molecule has 0 spiro atoms.